The van der Waals surface area contributed by atoms with Crippen LogP contribution in [-0.4, -0.2) is 27.3 Å². The Bertz CT molecular complexity index is 846. The van der Waals surface area contributed by atoms with Gasteiger partial charge in [-0.05, 0) is 62.1 Å². The molecule has 0 aromatic carbocycles. The van der Waals surface area contributed by atoms with E-state index in [0.717, 1.165) is 31.6 Å². The minimum absolute atomic E-state index is 0.202. The monoisotopic (exact) mass is 421 g/mol. The number of thiocarbonyl (C=S) groups is 1. The standard InChI is InChI=1S/C21H35N5O2S/c1-4-5-9-26-18(22)17(19(27)24-20(26)28)25(10-8-13(2)3)21(29)23-16-12-14-6-7-15(16)11-14/h13-16H,4-12,22H2,1-3H3,(H,23,29)(H,24,27,28)/t14-,15-,16+/m0/s1. The van der Waals surface area contributed by atoms with Gasteiger partial charge in [0.1, 0.15) is 5.82 Å². The molecule has 2 saturated carbocycles. The van der Waals surface area contributed by atoms with Crippen molar-refractivity contribution in [1.82, 2.24) is 14.9 Å². The van der Waals surface area contributed by atoms with E-state index in [1.165, 1.54) is 23.8 Å². The van der Waals surface area contributed by atoms with Crippen LogP contribution >= 0.6 is 12.2 Å². The summed E-state index contributed by atoms with van der Waals surface area (Å²) in [5, 5.41) is 4.07. The number of hydrogen-bond acceptors (Lipinski definition) is 4. The predicted molar refractivity (Wildman–Crippen MR) is 122 cm³/mol. The topological polar surface area (TPSA) is 96.2 Å². The maximum absolute atomic E-state index is 12.8. The van der Waals surface area contributed by atoms with Gasteiger partial charge in [-0.15, -0.1) is 0 Å². The largest absolute Gasteiger partial charge is 0.383 e. The zero-order valence-corrected chi connectivity index (χ0v) is 18.7. The lowest BCUT2D eigenvalue weighted by Crippen LogP contribution is -2.50. The first-order chi connectivity index (χ1) is 13.8. The molecule has 3 rings (SSSR count). The Morgan fingerprint density at radius 1 is 1.34 bits per heavy atom. The van der Waals surface area contributed by atoms with Gasteiger partial charge < -0.3 is 16.0 Å². The van der Waals surface area contributed by atoms with Crippen LogP contribution < -0.4 is 27.2 Å². The van der Waals surface area contributed by atoms with E-state index in [4.69, 9.17) is 18.0 Å². The smallest absolute Gasteiger partial charge is 0.330 e. The van der Waals surface area contributed by atoms with E-state index >= 15 is 0 Å². The normalized spacial score (nSPS) is 23.0. The van der Waals surface area contributed by atoms with Crippen LogP contribution in [-0.2, 0) is 6.54 Å². The van der Waals surface area contributed by atoms with Gasteiger partial charge in [0.25, 0.3) is 5.56 Å². The highest BCUT2D eigenvalue weighted by Crippen LogP contribution is 2.44. The van der Waals surface area contributed by atoms with Gasteiger partial charge in [0.15, 0.2) is 10.8 Å². The molecule has 7 nitrogen and oxygen atoms in total. The van der Waals surface area contributed by atoms with Gasteiger partial charge in [-0.3, -0.25) is 14.3 Å². The summed E-state index contributed by atoms with van der Waals surface area (Å²) in [6.07, 6.45) is 7.60. The number of fused-ring (bicyclic) bond motifs is 2. The maximum Gasteiger partial charge on any atom is 0.330 e. The zero-order chi connectivity index (χ0) is 21.1. The molecular weight excluding hydrogens is 386 g/mol. The van der Waals surface area contributed by atoms with Crippen LogP contribution in [0.15, 0.2) is 9.59 Å². The summed E-state index contributed by atoms with van der Waals surface area (Å²) in [6.45, 7) is 7.40. The average Bonchev–Trinajstić information content (AvgIpc) is 3.26. The van der Waals surface area contributed by atoms with Crippen LogP contribution in [0, 0.1) is 17.8 Å². The molecule has 162 valence electrons. The summed E-state index contributed by atoms with van der Waals surface area (Å²) in [6, 6.07) is 0.370. The summed E-state index contributed by atoms with van der Waals surface area (Å²) in [5.74, 6) is 2.12. The Kier molecular flexibility index (Phi) is 7.03. The Balaban J connectivity index is 1.90. The third-order valence-electron chi connectivity index (χ3n) is 6.44. The zero-order valence-electron chi connectivity index (χ0n) is 17.9. The second-order valence-corrected chi connectivity index (χ2v) is 9.45. The number of aromatic nitrogens is 2. The molecule has 1 aromatic heterocycles. The first-order valence-electron chi connectivity index (χ1n) is 11.0. The highest BCUT2D eigenvalue weighted by atomic mass is 32.1. The Hall–Kier alpha value is -1.83. The van der Waals surface area contributed by atoms with Gasteiger partial charge >= 0.3 is 5.69 Å². The van der Waals surface area contributed by atoms with Gasteiger partial charge in [0, 0.05) is 19.1 Å². The van der Waals surface area contributed by atoms with Crippen molar-refractivity contribution in [3.05, 3.63) is 20.8 Å². The van der Waals surface area contributed by atoms with Gasteiger partial charge in [0.2, 0.25) is 0 Å². The molecule has 0 radical (unpaired) electrons. The molecule has 0 spiro atoms. The van der Waals surface area contributed by atoms with Gasteiger partial charge in [-0.2, -0.15) is 0 Å². The van der Waals surface area contributed by atoms with Crippen LogP contribution in [0.3, 0.4) is 0 Å². The third kappa shape index (κ3) is 4.85. The van der Waals surface area contributed by atoms with Gasteiger partial charge in [0.05, 0.1) is 0 Å². The number of rotatable bonds is 8. The van der Waals surface area contributed by atoms with E-state index in [-0.39, 0.29) is 5.82 Å². The summed E-state index contributed by atoms with van der Waals surface area (Å²) in [4.78, 5) is 29.3. The molecule has 1 heterocycles. The number of nitrogens with zero attached hydrogens (tertiary/aromatic N) is 2. The predicted octanol–water partition coefficient (Wildman–Crippen LogP) is 2.83. The SMILES string of the molecule is CCCCn1c(N)c(N(CCC(C)C)C(=S)N[C@@H]2C[C@H]3CC[C@H]2C3)c(=O)[nH]c1=O. The van der Waals surface area contributed by atoms with Crippen molar-refractivity contribution in [1.29, 1.82) is 0 Å². The Labute approximate surface area is 178 Å². The molecule has 2 aliphatic carbocycles. The summed E-state index contributed by atoms with van der Waals surface area (Å²) < 4.78 is 1.46. The molecule has 0 unspecified atom stereocenters. The highest BCUT2D eigenvalue weighted by molar-refractivity contribution is 7.80. The lowest BCUT2D eigenvalue weighted by atomic mass is 9.95. The molecule has 2 fully saturated rings. The van der Waals surface area contributed by atoms with Gasteiger partial charge in [-0.25, -0.2) is 4.79 Å². The first kappa shape index (κ1) is 21.9. The molecule has 0 aliphatic heterocycles. The lowest BCUT2D eigenvalue weighted by Gasteiger charge is -2.31. The van der Waals surface area contributed by atoms with Crippen LogP contribution in [0.4, 0.5) is 11.5 Å². The van der Waals surface area contributed by atoms with Crippen molar-refractivity contribution in [3.8, 4) is 0 Å². The number of nitrogens with two attached hydrogens (primary N) is 1. The van der Waals surface area contributed by atoms with Crippen molar-refractivity contribution in [2.24, 2.45) is 17.8 Å². The molecular formula is C21H35N5O2S. The summed E-state index contributed by atoms with van der Waals surface area (Å²) >= 11 is 5.76. The maximum atomic E-state index is 12.8. The number of aromatic amines is 1. The fraction of sp³-hybridized carbons (Fsp3) is 0.762. The molecule has 8 heteroatoms. The highest BCUT2D eigenvalue weighted by Gasteiger charge is 2.40. The molecule has 1 aromatic rings. The van der Waals surface area contributed by atoms with Crippen LogP contribution in [0.5, 0.6) is 0 Å². The second kappa shape index (κ2) is 9.32. The number of unbranched alkanes of at least 4 members (excludes halogenated alkanes) is 1. The quantitative estimate of drug-likeness (QED) is 0.559. The number of H-pyrrole nitrogens is 1. The van der Waals surface area contributed by atoms with E-state index in [0.29, 0.717) is 41.8 Å². The molecule has 0 amide bonds. The fourth-order valence-corrected chi connectivity index (χ4v) is 5.07. The summed E-state index contributed by atoms with van der Waals surface area (Å²) in [5.41, 5.74) is 5.72. The minimum atomic E-state index is -0.471. The number of nitrogens with one attached hydrogen (secondary N) is 2. The number of nitrogen functional groups attached to an aromatic ring is 1. The minimum Gasteiger partial charge on any atom is -0.383 e. The van der Waals surface area contributed by atoms with Crippen molar-refractivity contribution < 1.29 is 0 Å². The summed E-state index contributed by atoms with van der Waals surface area (Å²) in [7, 11) is 0. The molecule has 29 heavy (non-hydrogen) atoms. The number of anilines is 2. The molecule has 0 saturated heterocycles. The first-order valence-corrected chi connectivity index (χ1v) is 11.4. The van der Waals surface area contributed by atoms with Crippen LogP contribution in [0.25, 0.3) is 0 Å². The lowest BCUT2D eigenvalue weighted by molar-refractivity contribution is 0.390. The van der Waals surface area contributed by atoms with E-state index in [2.05, 4.69) is 31.1 Å². The molecule has 2 aliphatic rings. The van der Waals surface area contributed by atoms with Crippen molar-refractivity contribution in [3.63, 3.8) is 0 Å². The van der Waals surface area contributed by atoms with E-state index in [1.807, 2.05) is 4.90 Å². The Morgan fingerprint density at radius 2 is 2.10 bits per heavy atom. The van der Waals surface area contributed by atoms with E-state index in [1.54, 1.807) is 0 Å². The molecule has 3 atom stereocenters. The Morgan fingerprint density at radius 3 is 2.69 bits per heavy atom. The molecule has 2 bridgehead atoms. The van der Waals surface area contributed by atoms with Crippen LogP contribution in [0.2, 0.25) is 0 Å². The second-order valence-electron chi connectivity index (χ2n) is 9.06. The fourth-order valence-electron chi connectivity index (χ4n) is 4.74. The van der Waals surface area contributed by atoms with Gasteiger partial charge in [-0.1, -0.05) is 33.6 Å². The van der Waals surface area contributed by atoms with Crippen molar-refractivity contribution in [2.75, 3.05) is 17.2 Å². The van der Waals surface area contributed by atoms with E-state index < -0.39 is 11.2 Å². The van der Waals surface area contributed by atoms with E-state index in [9.17, 15) is 9.59 Å². The van der Waals surface area contributed by atoms with Crippen molar-refractivity contribution in [2.45, 2.75) is 78.3 Å². The molecule has 4 N–H and O–H groups in total. The number of hydrogen-bond donors (Lipinski definition) is 3. The van der Waals surface area contributed by atoms with Crippen molar-refractivity contribution >= 4 is 28.8 Å². The average molecular weight is 422 g/mol. The van der Waals surface area contributed by atoms with Crippen LogP contribution in [0.1, 0.15) is 65.7 Å². The third-order valence-corrected chi connectivity index (χ3v) is 6.78.